The van der Waals surface area contributed by atoms with Gasteiger partial charge in [0.05, 0.1) is 31.9 Å². The van der Waals surface area contributed by atoms with Crippen molar-refractivity contribution in [3.05, 3.63) is 151 Å². The van der Waals surface area contributed by atoms with Gasteiger partial charge in [0.15, 0.2) is 0 Å². The van der Waals surface area contributed by atoms with Crippen LogP contribution in [0.1, 0.15) is 68.9 Å². The van der Waals surface area contributed by atoms with Crippen LogP contribution >= 0.6 is 0 Å². The lowest BCUT2D eigenvalue weighted by molar-refractivity contribution is -0.256. The maximum absolute atomic E-state index is 14.4. The van der Waals surface area contributed by atoms with Gasteiger partial charge in [-0.3, -0.25) is 4.90 Å². The van der Waals surface area contributed by atoms with Gasteiger partial charge in [-0.1, -0.05) is 115 Å². The molecule has 3 aliphatic rings. The van der Waals surface area contributed by atoms with Crippen molar-refractivity contribution in [2.75, 3.05) is 33.5 Å². The molecule has 5 aromatic carbocycles. The Balaban J connectivity index is 1.30. The van der Waals surface area contributed by atoms with E-state index in [9.17, 15) is 15.0 Å². The second kappa shape index (κ2) is 20.7. The van der Waals surface area contributed by atoms with Crippen molar-refractivity contribution in [2.24, 2.45) is 22.9 Å². The second-order valence-electron chi connectivity index (χ2n) is 16.9. The molecule has 0 spiro atoms. The summed E-state index contributed by atoms with van der Waals surface area (Å²) < 4.78 is 26.8. The summed E-state index contributed by atoms with van der Waals surface area (Å²) in [5.74, 6) is 0.0671. The average Bonchev–Trinajstić information content (AvgIpc) is 3.33. The van der Waals surface area contributed by atoms with Crippen molar-refractivity contribution in [1.29, 1.82) is 0 Å². The van der Waals surface area contributed by atoms with Crippen LogP contribution in [0.3, 0.4) is 0 Å². The smallest absolute Gasteiger partial charge is 0.410 e. The quantitative estimate of drug-likeness (QED) is 0.0478. The van der Waals surface area contributed by atoms with Gasteiger partial charge in [0, 0.05) is 31.1 Å². The SMILES string of the molecule is C=CCOC12Oc3ccc(Oc4ccc(-c5ccccc5)cc4)cc3C3C(CCCCO)C(CCCCO)C=C(C(=NOCC)CC1N(Cc1cccc4ccccc14)C(=O)OC)C32. The van der Waals surface area contributed by atoms with Gasteiger partial charge in [-0.2, -0.15) is 0 Å². The lowest BCUT2D eigenvalue weighted by Crippen LogP contribution is -2.70. The highest BCUT2D eigenvalue weighted by molar-refractivity contribution is 6.03. The number of amides is 1. The molecule has 1 heterocycles. The lowest BCUT2D eigenvalue weighted by atomic mass is 9.55. The van der Waals surface area contributed by atoms with Gasteiger partial charge in [0.2, 0.25) is 5.79 Å². The van der Waals surface area contributed by atoms with Crippen LogP contribution in [0.25, 0.3) is 21.9 Å². The number of allylic oxidation sites excluding steroid dienone is 1. The third kappa shape index (κ3) is 9.18. The summed E-state index contributed by atoms with van der Waals surface area (Å²) in [6.07, 6.45) is 8.47. The Morgan fingerprint density at radius 2 is 1.59 bits per heavy atom. The molecule has 10 nitrogen and oxygen atoms in total. The monoisotopic (exact) mass is 864 g/mol. The number of aliphatic hydroxyl groups is 2. The molecule has 0 aromatic heterocycles. The number of oxime groups is 1. The van der Waals surface area contributed by atoms with Gasteiger partial charge < -0.3 is 34.0 Å². The average molecular weight is 865 g/mol. The maximum atomic E-state index is 14.4. The lowest BCUT2D eigenvalue weighted by Gasteiger charge is -2.59. The van der Waals surface area contributed by atoms with Gasteiger partial charge in [-0.15, -0.1) is 6.58 Å². The first-order valence-electron chi connectivity index (χ1n) is 22.8. The predicted octanol–water partition coefficient (Wildman–Crippen LogP) is 11.2. The number of carbonyl (C=O) groups is 1. The van der Waals surface area contributed by atoms with Crippen molar-refractivity contribution in [3.8, 4) is 28.4 Å². The fraction of sp³-hybridized carbons (Fsp3) is 0.370. The van der Waals surface area contributed by atoms with Gasteiger partial charge in [0.25, 0.3) is 0 Å². The van der Waals surface area contributed by atoms with E-state index in [-0.39, 0.29) is 50.5 Å². The first-order valence-corrected chi connectivity index (χ1v) is 22.8. The zero-order valence-electron chi connectivity index (χ0n) is 36.9. The standard InChI is InChI=1S/C54H60N2O8/c1-4-32-61-54-50(56(53(59)60-3)36-41-21-15-20-39-18-9-10-22-44(39)41)35-48(55-62-5-2)46-33-40(19-11-13-30-57)45(23-12-14-31-58)51(52(46)54)47-34-43(28-29-49(47)64-54)63-42-26-24-38(25-27-42)37-16-7-6-8-17-37/h4,6-10,15-18,20-22,24-29,33-34,40,45,50-52,57-58H,1,5,11-14,19,23,30-32,35-36H2,2-3H3. The van der Waals surface area contributed by atoms with Crippen LogP contribution in [0.4, 0.5) is 4.79 Å². The van der Waals surface area contributed by atoms with E-state index in [1.165, 1.54) is 7.11 Å². The second-order valence-corrected chi connectivity index (χ2v) is 16.9. The van der Waals surface area contributed by atoms with E-state index in [1.807, 2.05) is 73.7 Å². The molecule has 8 rings (SSSR count). The highest BCUT2D eigenvalue weighted by Gasteiger charge is 2.65. The number of aliphatic hydroxyl groups excluding tert-OH is 2. The highest BCUT2D eigenvalue weighted by Crippen LogP contribution is 2.62. The summed E-state index contributed by atoms with van der Waals surface area (Å²) in [6.45, 7) is 6.91. The first-order chi connectivity index (χ1) is 31.4. The summed E-state index contributed by atoms with van der Waals surface area (Å²) in [6, 6.07) is 37.9. The molecular weight excluding hydrogens is 805 g/mol. The minimum atomic E-state index is -1.43. The van der Waals surface area contributed by atoms with Crippen LogP contribution in [0.2, 0.25) is 0 Å². The molecule has 0 bridgehead atoms. The molecular formula is C54H60N2O8. The summed E-state index contributed by atoms with van der Waals surface area (Å²) >= 11 is 0. The molecule has 0 saturated heterocycles. The molecule has 1 aliphatic heterocycles. The normalized spacial score (nSPS) is 22.7. The van der Waals surface area contributed by atoms with Crippen LogP contribution in [0.5, 0.6) is 17.2 Å². The van der Waals surface area contributed by atoms with Crippen LogP contribution in [-0.4, -0.2) is 72.3 Å². The Bertz CT molecular complexity index is 2430. The largest absolute Gasteiger partial charge is 0.459 e. The van der Waals surface area contributed by atoms with Crippen molar-refractivity contribution in [3.63, 3.8) is 0 Å². The molecule has 10 heteroatoms. The minimum absolute atomic E-state index is 0.0606. The third-order valence-electron chi connectivity index (χ3n) is 13.2. The molecule has 1 saturated carbocycles. The van der Waals surface area contributed by atoms with Crippen LogP contribution in [0, 0.1) is 17.8 Å². The van der Waals surface area contributed by atoms with Crippen LogP contribution in [-0.2, 0) is 20.9 Å². The third-order valence-corrected chi connectivity index (χ3v) is 13.2. The van der Waals surface area contributed by atoms with E-state index in [0.717, 1.165) is 70.0 Å². The number of benzene rings is 5. The number of methoxy groups -OCH3 is 1. The van der Waals surface area contributed by atoms with E-state index in [0.29, 0.717) is 36.7 Å². The first kappa shape index (κ1) is 44.7. The topological polar surface area (TPSA) is 119 Å². The number of unbranched alkanes of at least 4 members (excludes halogenated alkanes) is 2. The van der Waals surface area contributed by atoms with Crippen molar-refractivity contribution in [1.82, 2.24) is 4.90 Å². The molecule has 64 heavy (non-hydrogen) atoms. The molecule has 5 aromatic rings. The number of hydrogen-bond donors (Lipinski definition) is 2. The molecule has 6 atom stereocenters. The fourth-order valence-corrected chi connectivity index (χ4v) is 10.4. The summed E-state index contributed by atoms with van der Waals surface area (Å²) in [4.78, 5) is 22.1. The van der Waals surface area contributed by atoms with E-state index < -0.39 is 23.8 Å². The predicted molar refractivity (Wildman–Crippen MR) is 250 cm³/mol. The van der Waals surface area contributed by atoms with Crippen molar-refractivity contribution >= 4 is 22.6 Å². The van der Waals surface area contributed by atoms with Gasteiger partial charge in [-0.25, -0.2) is 4.79 Å². The zero-order valence-corrected chi connectivity index (χ0v) is 36.9. The van der Waals surface area contributed by atoms with Crippen molar-refractivity contribution in [2.45, 2.75) is 76.2 Å². The zero-order chi connectivity index (χ0) is 44.5. The highest BCUT2D eigenvalue weighted by atomic mass is 16.7. The molecule has 334 valence electrons. The number of nitrogens with zero attached hydrogens (tertiary/aromatic N) is 2. The van der Waals surface area contributed by atoms with Gasteiger partial charge >= 0.3 is 6.09 Å². The Kier molecular flexibility index (Phi) is 14.4. The Morgan fingerprint density at radius 3 is 2.34 bits per heavy atom. The molecule has 1 amide bonds. The molecule has 6 unspecified atom stereocenters. The maximum Gasteiger partial charge on any atom is 0.410 e. The molecule has 1 fully saturated rings. The molecule has 2 N–H and O–H groups in total. The van der Waals surface area contributed by atoms with Gasteiger partial charge in [-0.05, 0) is 108 Å². The van der Waals surface area contributed by atoms with E-state index in [2.05, 4.69) is 61.2 Å². The van der Waals surface area contributed by atoms with Crippen LogP contribution in [0.15, 0.2) is 145 Å². The van der Waals surface area contributed by atoms with E-state index in [4.69, 9.17) is 28.9 Å². The number of hydrogen-bond acceptors (Lipinski definition) is 9. The van der Waals surface area contributed by atoms with E-state index >= 15 is 0 Å². The molecule has 2 aliphatic carbocycles. The summed E-state index contributed by atoms with van der Waals surface area (Å²) in [5, 5.41) is 26.9. The minimum Gasteiger partial charge on any atom is -0.459 e. The Labute approximate surface area is 376 Å². The molecule has 0 radical (unpaired) electrons. The number of ether oxygens (including phenoxy) is 4. The fourth-order valence-electron chi connectivity index (χ4n) is 10.4. The Morgan fingerprint density at radius 1 is 0.875 bits per heavy atom. The Hall–Kier alpha value is -5.94. The van der Waals surface area contributed by atoms with Gasteiger partial charge in [0.1, 0.15) is 29.9 Å². The van der Waals surface area contributed by atoms with E-state index in [1.54, 1.807) is 11.0 Å². The number of fused-ring (bicyclic) bond motifs is 3. The number of carbonyl (C=O) groups excluding carboxylic acids is 1. The van der Waals surface area contributed by atoms with Crippen LogP contribution < -0.4 is 9.47 Å². The summed E-state index contributed by atoms with van der Waals surface area (Å²) in [5.41, 5.74) is 5.85. The number of rotatable bonds is 19. The van der Waals surface area contributed by atoms with Crippen molar-refractivity contribution < 1.29 is 38.8 Å². The summed E-state index contributed by atoms with van der Waals surface area (Å²) in [7, 11) is 1.41.